The van der Waals surface area contributed by atoms with Crippen molar-refractivity contribution >= 4 is 0 Å². The normalized spacial score (nSPS) is 13.2. The van der Waals surface area contributed by atoms with Gasteiger partial charge in [0.15, 0.2) is 0 Å². The Morgan fingerprint density at radius 3 is 2.71 bits per heavy atom. The highest BCUT2D eigenvalue weighted by atomic mass is 16.5. The lowest BCUT2D eigenvalue weighted by molar-refractivity contribution is 0.116. The topological polar surface area (TPSA) is 40.2 Å². The van der Waals surface area contributed by atoms with E-state index in [9.17, 15) is 0 Å². The van der Waals surface area contributed by atoms with Crippen molar-refractivity contribution in [2.45, 2.75) is 46.2 Å². The fourth-order valence-corrected chi connectivity index (χ4v) is 1.77. The van der Waals surface area contributed by atoms with Crippen LogP contribution in [0, 0.1) is 5.92 Å². The van der Waals surface area contributed by atoms with Gasteiger partial charge in [-0.2, -0.15) is 0 Å². The summed E-state index contributed by atoms with van der Waals surface area (Å²) >= 11 is 0. The van der Waals surface area contributed by atoms with E-state index in [1.807, 2.05) is 6.92 Å². The van der Waals surface area contributed by atoms with Crippen molar-refractivity contribution in [3.05, 3.63) is 24.0 Å². The number of nitrogens with two attached hydrogens (primary N) is 1. The molecule has 0 aromatic carbocycles. The lowest BCUT2D eigenvalue weighted by Crippen LogP contribution is -2.20. The van der Waals surface area contributed by atoms with Gasteiger partial charge in [-0.05, 0) is 31.4 Å². The van der Waals surface area contributed by atoms with Gasteiger partial charge in [-0.1, -0.05) is 13.8 Å². The van der Waals surface area contributed by atoms with Crippen molar-refractivity contribution in [2.24, 2.45) is 11.7 Å². The van der Waals surface area contributed by atoms with E-state index >= 15 is 0 Å². The second kappa shape index (κ2) is 7.51. The maximum absolute atomic E-state index is 5.82. The van der Waals surface area contributed by atoms with Crippen LogP contribution in [0.4, 0.5) is 0 Å². The van der Waals surface area contributed by atoms with Crippen LogP contribution in [0.1, 0.15) is 32.9 Å². The second-order valence-electron chi connectivity index (χ2n) is 5.17. The fourth-order valence-electron chi connectivity index (χ4n) is 1.77. The molecule has 1 aromatic rings. The predicted octanol–water partition coefficient (Wildman–Crippen LogP) is 2.44. The smallest absolute Gasteiger partial charge is 0.0645 e. The molecule has 0 aliphatic heterocycles. The van der Waals surface area contributed by atoms with Crippen molar-refractivity contribution in [1.82, 2.24) is 4.57 Å². The average molecular weight is 238 g/mol. The predicted molar refractivity (Wildman–Crippen MR) is 72.1 cm³/mol. The van der Waals surface area contributed by atoms with Crippen LogP contribution >= 0.6 is 0 Å². The summed E-state index contributed by atoms with van der Waals surface area (Å²) in [6.45, 7) is 9.05. The molecular weight excluding hydrogens is 212 g/mol. The van der Waals surface area contributed by atoms with E-state index in [0.29, 0.717) is 0 Å². The second-order valence-corrected chi connectivity index (χ2v) is 5.17. The molecule has 0 spiro atoms. The van der Waals surface area contributed by atoms with Gasteiger partial charge in [-0.15, -0.1) is 0 Å². The standard InChI is InChI=1S/C14H26N2O/c1-12(2)6-9-17-10-8-16-7-4-5-14(16)11-13(3)15/h4-5,7,12-13H,6,8-11,15H2,1-3H3. The van der Waals surface area contributed by atoms with E-state index in [0.717, 1.165) is 38.5 Å². The summed E-state index contributed by atoms with van der Waals surface area (Å²) in [4.78, 5) is 0. The summed E-state index contributed by atoms with van der Waals surface area (Å²) in [6, 6.07) is 4.43. The van der Waals surface area contributed by atoms with E-state index in [-0.39, 0.29) is 6.04 Å². The summed E-state index contributed by atoms with van der Waals surface area (Å²) in [5.74, 6) is 0.718. The molecule has 0 aliphatic carbocycles. The minimum absolute atomic E-state index is 0.213. The van der Waals surface area contributed by atoms with Crippen LogP contribution in [0.2, 0.25) is 0 Å². The van der Waals surface area contributed by atoms with Crippen LogP contribution in [0.5, 0.6) is 0 Å². The molecule has 1 rings (SSSR count). The Bertz CT molecular complexity index is 305. The van der Waals surface area contributed by atoms with Gasteiger partial charge < -0.3 is 15.0 Å². The van der Waals surface area contributed by atoms with Crippen molar-refractivity contribution in [2.75, 3.05) is 13.2 Å². The summed E-state index contributed by atoms with van der Waals surface area (Å²) in [6.07, 6.45) is 4.17. The quantitative estimate of drug-likeness (QED) is 0.707. The monoisotopic (exact) mass is 238 g/mol. The molecule has 3 heteroatoms. The molecule has 2 N–H and O–H groups in total. The van der Waals surface area contributed by atoms with E-state index in [1.54, 1.807) is 0 Å². The molecule has 17 heavy (non-hydrogen) atoms. The van der Waals surface area contributed by atoms with Crippen LogP contribution in [0.3, 0.4) is 0 Å². The first-order valence-corrected chi connectivity index (χ1v) is 6.57. The molecular formula is C14H26N2O. The van der Waals surface area contributed by atoms with Gasteiger partial charge in [0.05, 0.1) is 6.61 Å². The van der Waals surface area contributed by atoms with E-state index in [2.05, 4.69) is 36.7 Å². The number of hydrogen-bond acceptors (Lipinski definition) is 2. The number of ether oxygens (including phenoxy) is 1. The van der Waals surface area contributed by atoms with Crippen LogP contribution in [0.15, 0.2) is 18.3 Å². The number of aromatic nitrogens is 1. The Labute approximate surface area is 105 Å². The summed E-state index contributed by atoms with van der Waals surface area (Å²) in [5.41, 5.74) is 7.12. The first-order chi connectivity index (χ1) is 8.09. The zero-order valence-corrected chi connectivity index (χ0v) is 11.4. The van der Waals surface area contributed by atoms with Crippen molar-refractivity contribution in [1.29, 1.82) is 0 Å². The lowest BCUT2D eigenvalue weighted by atomic mass is 10.1. The highest BCUT2D eigenvalue weighted by Crippen LogP contribution is 2.05. The third kappa shape index (κ3) is 5.89. The Balaban J connectivity index is 2.24. The molecule has 98 valence electrons. The van der Waals surface area contributed by atoms with Crippen LogP contribution in [0.25, 0.3) is 0 Å². The highest BCUT2D eigenvalue weighted by molar-refractivity contribution is 5.08. The maximum Gasteiger partial charge on any atom is 0.0645 e. The zero-order valence-electron chi connectivity index (χ0n) is 11.4. The van der Waals surface area contributed by atoms with Crippen molar-refractivity contribution in [3.63, 3.8) is 0 Å². The average Bonchev–Trinajstić information content (AvgIpc) is 2.64. The summed E-state index contributed by atoms with van der Waals surface area (Å²) in [5, 5.41) is 0. The number of hydrogen-bond donors (Lipinski definition) is 1. The van der Waals surface area contributed by atoms with Gasteiger partial charge >= 0.3 is 0 Å². The zero-order chi connectivity index (χ0) is 12.7. The fraction of sp³-hybridized carbons (Fsp3) is 0.714. The van der Waals surface area contributed by atoms with Gasteiger partial charge in [0.25, 0.3) is 0 Å². The summed E-state index contributed by atoms with van der Waals surface area (Å²) < 4.78 is 7.86. The van der Waals surface area contributed by atoms with E-state index in [4.69, 9.17) is 10.5 Å². The number of rotatable bonds is 8. The first-order valence-electron chi connectivity index (χ1n) is 6.57. The van der Waals surface area contributed by atoms with Crippen LogP contribution in [-0.4, -0.2) is 23.8 Å². The third-order valence-electron chi connectivity index (χ3n) is 2.77. The Kier molecular flexibility index (Phi) is 6.30. The Morgan fingerprint density at radius 2 is 2.06 bits per heavy atom. The minimum atomic E-state index is 0.213. The Morgan fingerprint density at radius 1 is 1.29 bits per heavy atom. The first kappa shape index (κ1) is 14.3. The molecule has 0 saturated carbocycles. The molecule has 1 unspecified atom stereocenters. The maximum atomic E-state index is 5.82. The van der Waals surface area contributed by atoms with Crippen molar-refractivity contribution in [3.8, 4) is 0 Å². The molecule has 0 radical (unpaired) electrons. The largest absolute Gasteiger partial charge is 0.380 e. The molecule has 0 saturated heterocycles. The summed E-state index contributed by atoms with van der Waals surface area (Å²) in [7, 11) is 0. The molecule has 0 fully saturated rings. The van der Waals surface area contributed by atoms with Crippen LogP contribution < -0.4 is 5.73 Å². The highest BCUT2D eigenvalue weighted by Gasteiger charge is 2.03. The molecule has 0 aliphatic rings. The van der Waals surface area contributed by atoms with Gasteiger partial charge in [0, 0.05) is 37.5 Å². The minimum Gasteiger partial charge on any atom is -0.380 e. The SMILES string of the molecule is CC(C)CCOCCn1cccc1CC(C)N. The molecule has 1 atom stereocenters. The van der Waals surface area contributed by atoms with Crippen LogP contribution in [-0.2, 0) is 17.7 Å². The van der Waals surface area contributed by atoms with Gasteiger partial charge in [-0.25, -0.2) is 0 Å². The Hall–Kier alpha value is -0.800. The molecule has 0 bridgehead atoms. The third-order valence-corrected chi connectivity index (χ3v) is 2.77. The van der Waals surface area contributed by atoms with E-state index < -0.39 is 0 Å². The van der Waals surface area contributed by atoms with Gasteiger partial charge in [0.1, 0.15) is 0 Å². The van der Waals surface area contributed by atoms with Gasteiger partial charge in [0.2, 0.25) is 0 Å². The van der Waals surface area contributed by atoms with E-state index in [1.165, 1.54) is 5.69 Å². The molecule has 3 nitrogen and oxygen atoms in total. The molecule has 1 heterocycles. The van der Waals surface area contributed by atoms with Gasteiger partial charge in [-0.3, -0.25) is 0 Å². The lowest BCUT2D eigenvalue weighted by Gasteiger charge is -2.12. The number of nitrogens with zero attached hydrogens (tertiary/aromatic N) is 1. The van der Waals surface area contributed by atoms with Crippen molar-refractivity contribution < 1.29 is 4.74 Å². The molecule has 0 amide bonds. The molecule has 1 aromatic heterocycles.